The average molecular weight is 396 g/mol. The van der Waals surface area contributed by atoms with Crippen molar-refractivity contribution in [1.29, 1.82) is 0 Å². The topological polar surface area (TPSA) is 87.3 Å². The van der Waals surface area contributed by atoms with Gasteiger partial charge in [0.1, 0.15) is 0 Å². The molecule has 2 aromatic rings. The largest absolute Gasteiger partial charge is 0.377 e. The number of carbonyl (C=O) groups excluding carboxylic acids is 2. The standard InChI is InChI=1S/C22H28N4O3/c27-20(23-11-10-16-6-2-1-3-7-16)14-17-15-29-13-12-26(17)22(28)21-18-8-4-5-9-19(18)24-25-21/h4-6,8-9,17H,1-3,7,10-15H2,(H,23,27)(H,24,25). The van der Waals surface area contributed by atoms with Crippen molar-refractivity contribution in [2.45, 2.75) is 44.6 Å². The van der Waals surface area contributed by atoms with Gasteiger partial charge in [-0.3, -0.25) is 14.7 Å². The molecule has 2 amide bonds. The van der Waals surface area contributed by atoms with Crippen LogP contribution in [0.2, 0.25) is 0 Å². The second-order valence-electron chi connectivity index (χ2n) is 7.76. The van der Waals surface area contributed by atoms with E-state index in [0.717, 1.165) is 30.2 Å². The second-order valence-corrected chi connectivity index (χ2v) is 7.76. The maximum Gasteiger partial charge on any atom is 0.275 e. The number of H-pyrrole nitrogens is 1. The molecule has 2 heterocycles. The number of aromatic amines is 1. The zero-order chi connectivity index (χ0) is 20.1. The summed E-state index contributed by atoms with van der Waals surface area (Å²) >= 11 is 0. The Morgan fingerprint density at radius 2 is 2.17 bits per heavy atom. The van der Waals surface area contributed by atoms with Crippen molar-refractivity contribution in [1.82, 2.24) is 20.4 Å². The van der Waals surface area contributed by atoms with Gasteiger partial charge in [0.2, 0.25) is 5.91 Å². The maximum absolute atomic E-state index is 13.1. The van der Waals surface area contributed by atoms with E-state index in [1.807, 2.05) is 24.3 Å². The van der Waals surface area contributed by atoms with Crippen LogP contribution in [-0.4, -0.2) is 59.3 Å². The Morgan fingerprint density at radius 1 is 1.28 bits per heavy atom. The summed E-state index contributed by atoms with van der Waals surface area (Å²) in [5.41, 5.74) is 2.67. The maximum atomic E-state index is 13.1. The van der Waals surface area contributed by atoms with Crippen molar-refractivity contribution in [3.8, 4) is 0 Å². The first kappa shape index (κ1) is 19.6. The van der Waals surface area contributed by atoms with Gasteiger partial charge < -0.3 is 15.0 Å². The van der Waals surface area contributed by atoms with Crippen LogP contribution in [0.4, 0.5) is 0 Å². The normalized spacial score (nSPS) is 19.8. The van der Waals surface area contributed by atoms with Crippen molar-refractivity contribution < 1.29 is 14.3 Å². The number of carbonyl (C=O) groups is 2. The average Bonchev–Trinajstić information content (AvgIpc) is 3.19. The van der Waals surface area contributed by atoms with Gasteiger partial charge in [-0.05, 0) is 38.2 Å². The fraction of sp³-hybridized carbons (Fsp3) is 0.500. The zero-order valence-corrected chi connectivity index (χ0v) is 16.7. The third kappa shape index (κ3) is 4.67. The second kappa shape index (κ2) is 9.22. The quantitative estimate of drug-likeness (QED) is 0.735. The number of allylic oxidation sites excluding steroid dienone is 1. The number of hydrogen-bond acceptors (Lipinski definition) is 4. The zero-order valence-electron chi connectivity index (χ0n) is 16.7. The predicted molar refractivity (Wildman–Crippen MR) is 111 cm³/mol. The molecule has 4 rings (SSSR count). The first-order valence-corrected chi connectivity index (χ1v) is 10.5. The number of benzene rings is 1. The van der Waals surface area contributed by atoms with Crippen molar-refractivity contribution in [2.24, 2.45) is 0 Å². The number of rotatable bonds is 6. The Labute approximate surface area is 170 Å². The number of nitrogens with zero attached hydrogens (tertiary/aromatic N) is 2. The van der Waals surface area contributed by atoms with Crippen LogP contribution in [0.15, 0.2) is 35.9 Å². The van der Waals surface area contributed by atoms with Crippen LogP contribution < -0.4 is 5.32 Å². The third-order valence-electron chi connectivity index (χ3n) is 5.74. The van der Waals surface area contributed by atoms with Crippen molar-refractivity contribution in [3.05, 3.63) is 41.6 Å². The number of amides is 2. The van der Waals surface area contributed by atoms with Gasteiger partial charge in [-0.15, -0.1) is 0 Å². The van der Waals surface area contributed by atoms with Crippen LogP contribution in [0.5, 0.6) is 0 Å². The van der Waals surface area contributed by atoms with E-state index in [9.17, 15) is 9.59 Å². The Bertz CT molecular complexity index is 904. The fourth-order valence-electron chi connectivity index (χ4n) is 4.13. The lowest BCUT2D eigenvalue weighted by molar-refractivity contribution is -0.123. The highest BCUT2D eigenvalue weighted by molar-refractivity contribution is 6.04. The molecule has 2 N–H and O–H groups in total. The molecule has 1 atom stereocenters. The number of fused-ring (bicyclic) bond motifs is 1. The van der Waals surface area contributed by atoms with E-state index in [-0.39, 0.29) is 24.3 Å². The molecule has 1 aromatic heterocycles. The smallest absolute Gasteiger partial charge is 0.275 e. The fourth-order valence-corrected chi connectivity index (χ4v) is 4.13. The summed E-state index contributed by atoms with van der Waals surface area (Å²) in [6.07, 6.45) is 8.28. The molecular weight excluding hydrogens is 368 g/mol. The van der Waals surface area contributed by atoms with Crippen molar-refractivity contribution in [3.63, 3.8) is 0 Å². The van der Waals surface area contributed by atoms with Gasteiger partial charge in [0.15, 0.2) is 5.69 Å². The van der Waals surface area contributed by atoms with Crippen LogP contribution in [0.3, 0.4) is 0 Å². The van der Waals surface area contributed by atoms with E-state index in [0.29, 0.717) is 32.0 Å². The van der Waals surface area contributed by atoms with Gasteiger partial charge >= 0.3 is 0 Å². The summed E-state index contributed by atoms with van der Waals surface area (Å²) in [5.74, 6) is -0.197. The lowest BCUT2D eigenvalue weighted by Gasteiger charge is -2.35. The molecule has 0 saturated carbocycles. The Morgan fingerprint density at radius 3 is 3.03 bits per heavy atom. The van der Waals surface area contributed by atoms with Crippen LogP contribution in [-0.2, 0) is 9.53 Å². The molecule has 1 fully saturated rings. The predicted octanol–water partition coefficient (Wildman–Crippen LogP) is 2.80. The van der Waals surface area contributed by atoms with Gasteiger partial charge in [-0.25, -0.2) is 0 Å². The lowest BCUT2D eigenvalue weighted by atomic mass is 9.97. The number of aromatic nitrogens is 2. The molecule has 154 valence electrons. The first-order valence-electron chi connectivity index (χ1n) is 10.5. The van der Waals surface area contributed by atoms with Crippen LogP contribution >= 0.6 is 0 Å². The minimum absolute atomic E-state index is 0.0402. The summed E-state index contributed by atoms with van der Waals surface area (Å²) in [4.78, 5) is 27.3. The van der Waals surface area contributed by atoms with Crippen LogP contribution in [0, 0.1) is 0 Å². The van der Waals surface area contributed by atoms with E-state index in [2.05, 4.69) is 21.6 Å². The molecule has 29 heavy (non-hydrogen) atoms. The monoisotopic (exact) mass is 396 g/mol. The van der Waals surface area contributed by atoms with Crippen molar-refractivity contribution >= 4 is 22.7 Å². The van der Waals surface area contributed by atoms with E-state index >= 15 is 0 Å². The van der Waals surface area contributed by atoms with E-state index in [4.69, 9.17) is 4.74 Å². The molecule has 1 saturated heterocycles. The van der Waals surface area contributed by atoms with Crippen LogP contribution in [0.1, 0.15) is 49.0 Å². The number of nitrogens with one attached hydrogen (secondary N) is 2. The van der Waals surface area contributed by atoms with Gasteiger partial charge in [-0.2, -0.15) is 5.10 Å². The molecule has 0 radical (unpaired) electrons. The summed E-state index contributed by atoms with van der Waals surface area (Å²) in [7, 11) is 0. The molecule has 1 unspecified atom stereocenters. The van der Waals surface area contributed by atoms with Gasteiger partial charge in [0.25, 0.3) is 5.91 Å². The molecule has 1 aliphatic carbocycles. The lowest BCUT2D eigenvalue weighted by Crippen LogP contribution is -2.50. The van der Waals surface area contributed by atoms with Crippen LogP contribution in [0.25, 0.3) is 10.9 Å². The van der Waals surface area contributed by atoms with E-state index in [1.54, 1.807) is 4.90 Å². The molecule has 0 bridgehead atoms. The van der Waals surface area contributed by atoms with E-state index in [1.165, 1.54) is 18.4 Å². The Kier molecular flexibility index (Phi) is 6.24. The highest BCUT2D eigenvalue weighted by atomic mass is 16.5. The SMILES string of the molecule is O=C(CC1COCCN1C(=O)c1n[nH]c2ccccc12)NCCC1=CCCCC1. The molecule has 1 aliphatic heterocycles. The van der Waals surface area contributed by atoms with Gasteiger partial charge in [0.05, 0.1) is 24.8 Å². The summed E-state index contributed by atoms with van der Waals surface area (Å²) in [6.45, 7) is 1.95. The van der Waals surface area contributed by atoms with Gasteiger partial charge in [0, 0.05) is 24.9 Å². The summed E-state index contributed by atoms with van der Waals surface area (Å²) < 4.78 is 5.56. The minimum atomic E-state index is -0.277. The highest BCUT2D eigenvalue weighted by Gasteiger charge is 2.31. The molecule has 0 spiro atoms. The summed E-state index contributed by atoms with van der Waals surface area (Å²) in [5, 5.41) is 10.9. The van der Waals surface area contributed by atoms with Gasteiger partial charge in [-0.1, -0.05) is 29.8 Å². The molecule has 2 aliphatic rings. The number of hydrogen-bond donors (Lipinski definition) is 2. The molecule has 7 nitrogen and oxygen atoms in total. The molecule has 7 heteroatoms. The van der Waals surface area contributed by atoms with Crippen molar-refractivity contribution in [2.75, 3.05) is 26.3 Å². The molecular formula is C22H28N4O3. The Hall–Kier alpha value is -2.67. The number of para-hydroxylation sites is 1. The minimum Gasteiger partial charge on any atom is -0.377 e. The number of ether oxygens (including phenoxy) is 1. The number of morpholine rings is 1. The highest BCUT2D eigenvalue weighted by Crippen LogP contribution is 2.21. The van der Waals surface area contributed by atoms with E-state index < -0.39 is 0 Å². The molecule has 1 aromatic carbocycles. The first-order chi connectivity index (χ1) is 14.2. The third-order valence-corrected chi connectivity index (χ3v) is 5.74. The Balaban J connectivity index is 1.36. The summed E-state index contributed by atoms with van der Waals surface area (Å²) in [6, 6.07) is 7.29.